The number of rotatable bonds is 6. The van der Waals surface area contributed by atoms with Crippen molar-refractivity contribution in [3.8, 4) is 5.75 Å². The third-order valence-electron chi connectivity index (χ3n) is 3.68. The van der Waals surface area contributed by atoms with Crippen LogP contribution < -0.4 is 4.74 Å². The molecule has 1 saturated heterocycles. The molecule has 1 aliphatic rings. The molecule has 6 nitrogen and oxygen atoms in total. The van der Waals surface area contributed by atoms with Gasteiger partial charge in [0.2, 0.25) is 15.9 Å². The van der Waals surface area contributed by atoms with Crippen molar-refractivity contribution in [1.82, 2.24) is 9.21 Å². The van der Waals surface area contributed by atoms with Crippen molar-refractivity contribution < 1.29 is 17.9 Å². The van der Waals surface area contributed by atoms with E-state index in [0.29, 0.717) is 39.2 Å². The van der Waals surface area contributed by atoms with E-state index in [9.17, 15) is 13.2 Å². The van der Waals surface area contributed by atoms with Crippen molar-refractivity contribution in [1.29, 1.82) is 0 Å². The van der Waals surface area contributed by atoms with Crippen molar-refractivity contribution >= 4 is 15.9 Å². The SMILES string of the molecule is CCS(=O)(=O)N1CCN(C(=O)CCOc2ccccc2)CC1. The largest absolute Gasteiger partial charge is 0.493 e. The van der Waals surface area contributed by atoms with Gasteiger partial charge in [-0.1, -0.05) is 18.2 Å². The van der Waals surface area contributed by atoms with Crippen molar-refractivity contribution in [2.24, 2.45) is 0 Å². The molecule has 0 bridgehead atoms. The molecule has 1 aromatic rings. The minimum Gasteiger partial charge on any atom is -0.493 e. The molecule has 1 heterocycles. The lowest BCUT2D eigenvalue weighted by Crippen LogP contribution is -2.51. The average Bonchev–Trinajstić information content (AvgIpc) is 2.56. The Balaban J connectivity index is 1.73. The molecule has 122 valence electrons. The first-order chi connectivity index (χ1) is 10.5. The predicted octanol–water partition coefficient (Wildman–Crippen LogP) is 0.949. The van der Waals surface area contributed by atoms with E-state index in [2.05, 4.69) is 0 Å². The Morgan fingerprint density at radius 3 is 2.36 bits per heavy atom. The van der Waals surface area contributed by atoms with E-state index in [1.54, 1.807) is 11.8 Å². The molecule has 1 fully saturated rings. The van der Waals surface area contributed by atoms with Crippen LogP contribution in [0.4, 0.5) is 0 Å². The molecule has 1 aromatic carbocycles. The van der Waals surface area contributed by atoms with Gasteiger partial charge in [0.05, 0.1) is 18.8 Å². The molecule has 0 atom stereocenters. The zero-order valence-corrected chi connectivity index (χ0v) is 13.6. The van der Waals surface area contributed by atoms with Crippen LogP contribution in [-0.2, 0) is 14.8 Å². The average molecular weight is 326 g/mol. The number of amides is 1. The molecule has 1 amide bonds. The summed E-state index contributed by atoms with van der Waals surface area (Å²) in [5, 5.41) is 0. The Labute approximate surface area is 131 Å². The van der Waals surface area contributed by atoms with Crippen LogP contribution in [0, 0.1) is 0 Å². The fourth-order valence-corrected chi connectivity index (χ4v) is 3.41. The number of hydrogen-bond acceptors (Lipinski definition) is 4. The first-order valence-electron chi connectivity index (χ1n) is 7.46. The van der Waals surface area contributed by atoms with Gasteiger partial charge in [-0.15, -0.1) is 0 Å². The predicted molar refractivity (Wildman–Crippen MR) is 84.2 cm³/mol. The third-order valence-corrected chi connectivity index (χ3v) is 5.56. The molecule has 0 aromatic heterocycles. The highest BCUT2D eigenvalue weighted by atomic mass is 32.2. The Bertz CT molecular complexity index is 581. The summed E-state index contributed by atoms with van der Waals surface area (Å²) in [5.41, 5.74) is 0. The van der Waals surface area contributed by atoms with Crippen molar-refractivity contribution in [2.75, 3.05) is 38.5 Å². The summed E-state index contributed by atoms with van der Waals surface area (Å²) in [6, 6.07) is 9.36. The minimum absolute atomic E-state index is 0.00415. The molecule has 0 unspecified atom stereocenters. The van der Waals surface area contributed by atoms with Crippen LogP contribution in [0.1, 0.15) is 13.3 Å². The second-order valence-corrected chi connectivity index (χ2v) is 7.35. The maximum atomic E-state index is 12.1. The van der Waals surface area contributed by atoms with Gasteiger partial charge in [-0.2, -0.15) is 4.31 Å². The zero-order chi connectivity index (χ0) is 16.0. The van der Waals surface area contributed by atoms with Crippen molar-refractivity contribution in [3.05, 3.63) is 30.3 Å². The van der Waals surface area contributed by atoms with E-state index in [0.717, 1.165) is 5.75 Å². The highest BCUT2D eigenvalue weighted by Gasteiger charge is 2.27. The lowest BCUT2D eigenvalue weighted by atomic mass is 10.3. The smallest absolute Gasteiger partial charge is 0.226 e. The minimum atomic E-state index is -3.15. The molecular weight excluding hydrogens is 304 g/mol. The van der Waals surface area contributed by atoms with Crippen LogP contribution in [0.25, 0.3) is 0 Å². The van der Waals surface area contributed by atoms with Crippen LogP contribution in [0.15, 0.2) is 30.3 Å². The van der Waals surface area contributed by atoms with E-state index in [-0.39, 0.29) is 11.7 Å². The molecule has 0 aliphatic carbocycles. The lowest BCUT2D eigenvalue weighted by Gasteiger charge is -2.33. The second kappa shape index (κ2) is 7.60. The second-order valence-electron chi connectivity index (χ2n) is 5.09. The standard InChI is InChI=1S/C15H22N2O4S/c1-2-22(19,20)17-11-9-16(10-12-17)15(18)8-13-21-14-6-4-3-5-7-14/h3-7H,2,8-13H2,1H3. The maximum absolute atomic E-state index is 12.1. The molecular formula is C15H22N2O4S. The lowest BCUT2D eigenvalue weighted by molar-refractivity contribution is -0.132. The quantitative estimate of drug-likeness (QED) is 0.781. The molecule has 22 heavy (non-hydrogen) atoms. The summed E-state index contributed by atoms with van der Waals surface area (Å²) in [6.07, 6.45) is 0.301. The molecule has 1 aliphatic heterocycles. The molecule has 2 rings (SSSR count). The van der Waals surface area contributed by atoms with Gasteiger partial charge in [0.25, 0.3) is 0 Å². The van der Waals surface area contributed by atoms with Gasteiger partial charge in [-0.05, 0) is 19.1 Å². The van der Waals surface area contributed by atoms with Crippen LogP contribution in [0.3, 0.4) is 0 Å². The summed E-state index contributed by atoms with van der Waals surface area (Å²) in [6.45, 7) is 3.61. The van der Waals surface area contributed by atoms with Crippen LogP contribution in [-0.4, -0.2) is 62.1 Å². The fourth-order valence-electron chi connectivity index (χ4n) is 2.33. The van der Waals surface area contributed by atoms with E-state index in [1.807, 2.05) is 30.3 Å². The van der Waals surface area contributed by atoms with Gasteiger partial charge < -0.3 is 9.64 Å². The maximum Gasteiger partial charge on any atom is 0.226 e. The number of carbonyl (C=O) groups excluding carboxylic acids is 1. The van der Waals surface area contributed by atoms with Gasteiger partial charge in [-0.3, -0.25) is 4.79 Å². The highest BCUT2D eigenvalue weighted by molar-refractivity contribution is 7.89. The zero-order valence-electron chi connectivity index (χ0n) is 12.8. The summed E-state index contributed by atoms with van der Waals surface area (Å²) in [4.78, 5) is 13.8. The van der Waals surface area contributed by atoms with E-state index >= 15 is 0 Å². The summed E-state index contributed by atoms with van der Waals surface area (Å²) < 4.78 is 30.5. The Morgan fingerprint density at radius 1 is 1.14 bits per heavy atom. The first-order valence-corrected chi connectivity index (χ1v) is 9.07. The van der Waals surface area contributed by atoms with Gasteiger partial charge in [0.15, 0.2) is 0 Å². The number of hydrogen-bond donors (Lipinski definition) is 0. The van der Waals surface area contributed by atoms with Crippen LogP contribution >= 0.6 is 0 Å². The monoisotopic (exact) mass is 326 g/mol. The van der Waals surface area contributed by atoms with Gasteiger partial charge in [0, 0.05) is 26.2 Å². The highest BCUT2D eigenvalue weighted by Crippen LogP contribution is 2.11. The van der Waals surface area contributed by atoms with E-state index < -0.39 is 10.0 Å². The number of sulfonamides is 1. The van der Waals surface area contributed by atoms with E-state index in [1.165, 1.54) is 4.31 Å². The molecule has 0 spiro atoms. The number of carbonyl (C=O) groups is 1. The van der Waals surface area contributed by atoms with E-state index in [4.69, 9.17) is 4.74 Å². The van der Waals surface area contributed by atoms with Crippen molar-refractivity contribution in [3.63, 3.8) is 0 Å². The Kier molecular flexibility index (Phi) is 5.79. The molecule has 7 heteroatoms. The van der Waals surface area contributed by atoms with Gasteiger partial charge in [-0.25, -0.2) is 8.42 Å². The fraction of sp³-hybridized carbons (Fsp3) is 0.533. The molecule has 0 radical (unpaired) electrons. The normalized spacial score (nSPS) is 16.5. The number of nitrogens with zero attached hydrogens (tertiary/aromatic N) is 2. The van der Waals surface area contributed by atoms with Crippen LogP contribution in [0.5, 0.6) is 5.75 Å². The Morgan fingerprint density at radius 2 is 1.77 bits per heavy atom. The van der Waals surface area contributed by atoms with Crippen molar-refractivity contribution in [2.45, 2.75) is 13.3 Å². The number of benzene rings is 1. The van der Waals surface area contributed by atoms with Crippen LogP contribution in [0.2, 0.25) is 0 Å². The number of para-hydroxylation sites is 1. The van der Waals surface area contributed by atoms with Gasteiger partial charge in [0.1, 0.15) is 5.75 Å². The van der Waals surface area contributed by atoms with Gasteiger partial charge >= 0.3 is 0 Å². The molecule has 0 saturated carbocycles. The third kappa shape index (κ3) is 4.45. The molecule has 0 N–H and O–H groups in total. The summed E-state index contributed by atoms with van der Waals surface area (Å²) in [5.74, 6) is 0.852. The topological polar surface area (TPSA) is 66.9 Å². The number of ether oxygens (including phenoxy) is 1. The number of piperazine rings is 1. The summed E-state index contributed by atoms with van der Waals surface area (Å²) >= 11 is 0. The summed E-state index contributed by atoms with van der Waals surface area (Å²) in [7, 11) is -3.15. The Hall–Kier alpha value is -1.60. The first kappa shape index (κ1) is 16.8.